The van der Waals surface area contributed by atoms with Gasteiger partial charge < -0.3 is 15.4 Å². The Morgan fingerprint density at radius 3 is 2.79 bits per heavy atom. The number of hydrogen-bond donors (Lipinski definition) is 2. The van der Waals surface area contributed by atoms with Crippen molar-refractivity contribution in [2.75, 3.05) is 50.0 Å². The van der Waals surface area contributed by atoms with Crippen LogP contribution in [0, 0.1) is 11.6 Å². The van der Waals surface area contributed by atoms with Crippen molar-refractivity contribution >= 4 is 17.5 Å². The summed E-state index contributed by atoms with van der Waals surface area (Å²) in [6.07, 6.45) is 1.51. The third-order valence-corrected chi connectivity index (χ3v) is 3.57. The van der Waals surface area contributed by atoms with Crippen LogP contribution in [0.3, 0.4) is 0 Å². The van der Waals surface area contributed by atoms with Crippen LogP contribution in [0.2, 0.25) is 0 Å². The molecule has 1 saturated heterocycles. The lowest BCUT2D eigenvalue weighted by atomic mass is 10.3. The molecule has 2 N–H and O–H groups in total. The zero-order valence-corrected chi connectivity index (χ0v) is 13.0. The second-order valence-corrected chi connectivity index (χ2v) is 5.30. The molecule has 2 aromatic rings. The van der Waals surface area contributed by atoms with Gasteiger partial charge in [0.2, 0.25) is 5.95 Å². The number of nitrogens with zero attached hydrogens (tertiary/aromatic N) is 4. The fourth-order valence-electron chi connectivity index (χ4n) is 2.31. The molecule has 128 valence electrons. The summed E-state index contributed by atoms with van der Waals surface area (Å²) in [4.78, 5) is 6.54. The molecule has 0 bridgehead atoms. The minimum absolute atomic E-state index is 0.206. The van der Waals surface area contributed by atoms with Gasteiger partial charge in [-0.25, -0.2) is 8.78 Å². The smallest absolute Gasteiger partial charge is 0.249 e. The van der Waals surface area contributed by atoms with Crippen LogP contribution in [-0.2, 0) is 4.74 Å². The molecular formula is C15H18F2N6O. The normalized spacial score (nSPS) is 15.2. The number of morpholine rings is 1. The maximum atomic E-state index is 13.2. The maximum absolute atomic E-state index is 13.2. The highest BCUT2D eigenvalue weighted by molar-refractivity contribution is 5.54. The third kappa shape index (κ3) is 4.56. The quantitative estimate of drug-likeness (QED) is 0.830. The van der Waals surface area contributed by atoms with E-state index in [1.807, 2.05) is 0 Å². The van der Waals surface area contributed by atoms with Gasteiger partial charge in [-0.3, -0.25) is 4.90 Å². The van der Waals surface area contributed by atoms with Gasteiger partial charge in [-0.1, -0.05) is 0 Å². The molecule has 7 nitrogen and oxygen atoms in total. The molecule has 3 rings (SSSR count). The molecule has 0 spiro atoms. The van der Waals surface area contributed by atoms with E-state index in [4.69, 9.17) is 4.74 Å². The number of ether oxygens (including phenoxy) is 1. The second kappa shape index (κ2) is 7.93. The molecule has 0 radical (unpaired) electrons. The zero-order chi connectivity index (χ0) is 16.8. The van der Waals surface area contributed by atoms with Crippen LogP contribution in [0.25, 0.3) is 0 Å². The molecule has 2 heterocycles. The van der Waals surface area contributed by atoms with Crippen molar-refractivity contribution in [2.24, 2.45) is 0 Å². The van der Waals surface area contributed by atoms with E-state index >= 15 is 0 Å². The molecule has 1 aromatic heterocycles. The lowest BCUT2D eigenvalue weighted by Gasteiger charge is -2.26. The van der Waals surface area contributed by atoms with Gasteiger partial charge in [0.15, 0.2) is 17.5 Å². The molecule has 1 aliphatic heterocycles. The monoisotopic (exact) mass is 336 g/mol. The van der Waals surface area contributed by atoms with Gasteiger partial charge in [-0.15, -0.1) is 5.10 Å². The molecule has 1 aliphatic rings. The summed E-state index contributed by atoms with van der Waals surface area (Å²) in [5.74, 6) is -1.08. The van der Waals surface area contributed by atoms with Gasteiger partial charge in [0, 0.05) is 37.9 Å². The number of halogens is 2. The average molecular weight is 336 g/mol. The van der Waals surface area contributed by atoms with E-state index in [9.17, 15) is 8.78 Å². The fraction of sp³-hybridized carbons (Fsp3) is 0.400. The molecule has 0 aliphatic carbocycles. The third-order valence-electron chi connectivity index (χ3n) is 3.57. The summed E-state index contributed by atoms with van der Waals surface area (Å²) in [5.41, 5.74) is 0.348. The zero-order valence-electron chi connectivity index (χ0n) is 13.0. The number of anilines is 3. The largest absolute Gasteiger partial charge is 0.379 e. The van der Waals surface area contributed by atoms with E-state index in [2.05, 4.69) is 30.7 Å². The molecule has 9 heteroatoms. The molecule has 0 amide bonds. The molecule has 1 fully saturated rings. The van der Waals surface area contributed by atoms with Crippen LogP contribution in [0.5, 0.6) is 0 Å². The van der Waals surface area contributed by atoms with Gasteiger partial charge in [-0.05, 0) is 12.1 Å². The Bertz CT molecular complexity index is 681. The summed E-state index contributed by atoms with van der Waals surface area (Å²) >= 11 is 0. The molecule has 1 aromatic carbocycles. The van der Waals surface area contributed by atoms with Gasteiger partial charge >= 0.3 is 0 Å². The van der Waals surface area contributed by atoms with Gasteiger partial charge in [0.05, 0.1) is 19.4 Å². The van der Waals surface area contributed by atoms with Gasteiger partial charge in [0.1, 0.15) is 0 Å². The number of aromatic nitrogens is 3. The van der Waals surface area contributed by atoms with Gasteiger partial charge in [0.25, 0.3) is 0 Å². The van der Waals surface area contributed by atoms with E-state index in [0.717, 1.165) is 45.0 Å². The van der Waals surface area contributed by atoms with E-state index < -0.39 is 11.6 Å². The summed E-state index contributed by atoms with van der Waals surface area (Å²) in [5, 5.41) is 13.6. The highest BCUT2D eigenvalue weighted by atomic mass is 19.2. The molecule has 0 unspecified atom stereocenters. The highest BCUT2D eigenvalue weighted by Crippen LogP contribution is 2.16. The lowest BCUT2D eigenvalue weighted by Crippen LogP contribution is -2.39. The molecule has 0 atom stereocenters. The van der Waals surface area contributed by atoms with E-state index in [0.29, 0.717) is 18.1 Å². The first-order chi connectivity index (χ1) is 11.7. The highest BCUT2D eigenvalue weighted by Gasteiger charge is 2.10. The molecular weight excluding hydrogens is 318 g/mol. The minimum Gasteiger partial charge on any atom is -0.379 e. The summed E-state index contributed by atoms with van der Waals surface area (Å²) in [6.45, 7) is 4.95. The van der Waals surface area contributed by atoms with Crippen molar-refractivity contribution in [1.82, 2.24) is 20.1 Å². The van der Waals surface area contributed by atoms with Crippen molar-refractivity contribution in [1.29, 1.82) is 0 Å². The number of rotatable bonds is 6. The molecule has 24 heavy (non-hydrogen) atoms. The Kier molecular flexibility index (Phi) is 5.44. The van der Waals surface area contributed by atoms with Crippen LogP contribution >= 0.6 is 0 Å². The van der Waals surface area contributed by atoms with Crippen LogP contribution in [0.15, 0.2) is 24.4 Å². The van der Waals surface area contributed by atoms with Crippen molar-refractivity contribution in [3.05, 3.63) is 36.0 Å². The van der Waals surface area contributed by atoms with Crippen LogP contribution in [0.4, 0.5) is 26.2 Å². The topological polar surface area (TPSA) is 75.2 Å². The Morgan fingerprint density at radius 1 is 1.17 bits per heavy atom. The Morgan fingerprint density at radius 2 is 2.00 bits per heavy atom. The number of hydrogen-bond acceptors (Lipinski definition) is 7. The summed E-state index contributed by atoms with van der Waals surface area (Å²) in [7, 11) is 0. The lowest BCUT2D eigenvalue weighted by molar-refractivity contribution is 0.0398. The molecule has 0 saturated carbocycles. The van der Waals surface area contributed by atoms with E-state index in [1.165, 1.54) is 12.3 Å². The van der Waals surface area contributed by atoms with E-state index in [-0.39, 0.29) is 5.95 Å². The average Bonchev–Trinajstić information content (AvgIpc) is 2.60. The number of benzene rings is 1. The Hall–Kier alpha value is -2.39. The standard InChI is InChI=1S/C15H18F2N6O/c16-12-2-1-11(9-13(12)17)20-15-21-14(10-19-22-15)18-3-4-23-5-7-24-8-6-23/h1-2,9-10H,3-8H2,(H2,18,20,21,22). The SMILES string of the molecule is Fc1ccc(Nc2nncc(NCCN3CCOCC3)n2)cc1F. The van der Waals surface area contributed by atoms with Crippen molar-refractivity contribution < 1.29 is 13.5 Å². The first-order valence-electron chi connectivity index (χ1n) is 7.66. The van der Waals surface area contributed by atoms with Crippen LogP contribution in [0.1, 0.15) is 0 Å². The van der Waals surface area contributed by atoms with Crippen LogP contribution < -0.4 is 10.6 Å². The number of nitrogens with one attached hydrogen (secondary N) is 2. The fourth-order valence-corrected chi connectivity index (χ4v) is 2.31. The maximum Gasteiger partial charge on any atom is 0.249 e. The predicted octanol–water partition coefficient (Wildman–Crippen LogP) is 1.64. The van der Waals surface area contributed by atoms with Crippen molar-refractivity contribution in [3.8, 4) is 0 Å². The summed E-state index contributed by atoms with van der Waals surface area (Å²) < 4.78 is 31.4. The first-order valence-corrected chi connectivity index (χ1v) is 7.66. The van der Waals surface area contributed by atoms with Crippen molar-refractivity contribution in [2.45, 2.75) is 0 Å². The van der Waals surface area contributed by atoms with Gasteiger partial charge in [-0.2, -0.15) is 10.1 Å². The Labute approximate surface area is 138 Å². The van der Waals surface area contributed by atoms with Crippen molar-refractivity contribution in [3.63, 3.8) is 0 Å². The summed E-state index contributed by atoms with van der Waals surface area (Å²) in [6, 6.07) is 3.48. The first kappa shape index (κ1) is 16.5. The van der Waals surface area contributed by atoms with Crippen LogP contribution in [-0.4, -0.2) is 59.5 Å². The predicted molar refractivity (Wildman–Crippen MR) is 85.2 cm³/mol. The second-order valence-electron chi connectivity index (χ2n) is 5.30. The Balaban J connectivity index is 1.54. The minimum atomic E-state index is -0.937. The van der Waals surface area contributed by atoms with E-state index in [1.54, 1.807) is 0 Å².